The Morgan fingerprint density at radius 3 is 1.21 bits per heavy atom. The zero-order valence-electron chi connectivity index (χ0n) is 33.9. The van der Waals surface area contributed by atoms with Crippen molar-refractivity contribution in [1.82, 2.24) is 0 Å². The lowest BCUT2D eigenvalue weighted by Gasteiger charge is -2.20. The van der Waals surface area contributed by atoms with Gasteiger partial charge in [-0.1, -0.05) is 47.5 Å². The van der Waals surface area contributed by atoms with Gasteiger partial charge in [0.15, 0.2) is 25.5 Å². The molecular weight excluding hydrogens is 846 g/mol. The largest absolute Gasteiger partial charge is 1.00 e. The van der Waals surface area contributed by atoms with E-state index < -0.39 is 0 Å². The van der Waals surface area contributed by atoms with E-state index in [2.05, 4.69) is 130 Å². The molecule has 0 aliphatic carbocycles. The maximum absolute atomic E-state index is 6.14. The Kier molecular flexibility index (Phi) is 15.7. The minimum absolute atomic E-state index is 0. The molecule has 61 heavy (non-hydrogen) atoms. The lowest BCUT2D eigenvalue weighted by Crippen LogP contribution is -3.00. The van der Waals surface area contributed by atoms with Crippen LogP contribution < -0.4 is 53.2 Å². The number of hydrogen-bond donors (Lipinski definition) is 0. The van der Waals surface area contributed by atoms with E-state index in [1.165, 1.54) is 21.9 Å². The normalized spacial score (nSPS) is 10.8. The maximum Gasteiger partial charge on any atom is 0.214 e. The number of nitrogens with zero attached hydrogens (tertiary/aromatic N) is 4. The summed E-state index contributed by atoms with van der Waals surface area (Å²) < 4.78 is 22.3. The van der Waals surface area contributed by atoms with Crippen molar-refractivity contribution < 1.29 is 48.2 Å². The van der Waals surface area contributed by atoms with Crippen molar-refractivity contribution in [2.75, 3.05) is 50.3 Å². The van der Waals surface area contributed by atoms with Gasteiger partial charge in [-0.2, -0.15) is 9.13 Å². The fraction of sp³-hybridized carbons (Fsp3) is 0.160. The third-order valence-corrected chi connectivity index (χ3v) is 11.0. The molecule has 0 N–H and O–H groups in total. The molecule has 2 heterocycles. The highest BCUT2D eigenvalue weighted by Crippen LogP contribution is 2.32. The standard InChI is InChI=1S/C50H46Cl2N4O3.2ClH/c1-53(41-19-15-39(51)16-20-41)47-27-29-55(49-9-5-3-7-45(47)49)35-37-11-23-43(24-12-37)58-33-31-57-32-34-59-44-25-13-38(14-26-44)36-56-30-28-48(46-8-4-6-10-50(46)56)54(2)42-21-17-40(52)18-22-42;;/h3-30H,31-36H2,1-2H3;2*1H/q+2;;/p-2. The van der Waals surface area contributed by atoms with E-state index in [-0.39, 0.29) is 24.8 Å². The molecule has 312 valence electrons. The number of para-hydroxylation sites is 2. The molecule has 0 bridgehead atoms. The van der Waals surface area contributed by atoms with Crippen LogP contribution in [0, 0.1) is 0 Å². The Morgan fingerprint density at radius 1 is 0.443 bits per heavy atom. The Hall–Kier alpha value is -5.54. The molecule has 11 heteroatoms. The van der Waals surface area contributed by atoms with Crippen molar-refractivity contribution in [3.8, 4) is 11.5 Å². The van der Waals surface area contributed by atoms with Gasteiger partial charge in [0.1, 0.15) is 24.7 Å². The summed E-state index contributed by atoms with van der Waals surface area (Å²) in [6.07, 6.45) is 4.30. The SMILES string of the molecule is CN(c1ccc(Cl)cc1)c1cc[n+](Cc2ccc(OCCOCCOc3ccc(C[n+]4ccc(N(C)c5ccc(Cl)cc5)c5ccccc54)cc3)cc2)c2ccccc12.[Cl-].[Cl-]. The fourth-order valence-electron chi connectivity index (χ4n) is 7.33. The highest BCUT2D eigenvalue weighted by atomic mass is 35.5. The van der Waals surface area contributed by atoms with Crippen LogP contribution in [0.15, 0.2) is 170 Å². The number of pyridine rings is 2. The van der Waals surface area contributed by atoms with Crippen LogP contribution in [0.1, 0.15) is 11.1 Å². The molecular formula is C50H46Cl4N4O3. The monoisotopic (exact) mass is 890 g/mol. The van der Waals surface area contributed by atoms with Crippen molar-refractivity contribution in [2.45, 2.75) is 13.1 Å². The van der Waals surface area contributed by atoms with Crippen LogP contribution in [0.5, 0.6) is 11.5 Å². The maximum atomic E-state index is 6.14. The molecule has 6 aromatic carbocycles. The Balaban J connectivity index is 0.00000311. The predicted molar refractivity (Wildman–Crippen MR) is 240 cm³/mol. The van der Waals surface area contributed by atoms with Crippen LogP contribution in [-0.4, -0.2) is 40.5 Å². The lowest BCUT2D eigenvalue weighted by molar-refractivity contribution is -0.662. The van der Waals surface area contributed by atoms with E-state index in [4.69, 9.17) is 37.4 Å². The topological polar surface area (TPSA) is 41.9 Å². The Morgan fingerprint density at radius 2 is 0.820 bits per heavy atom. The van der Waals surface area contributed by atoms with Gasteiger partial charge in [-0.25, -0.2) is 0 Å². The Bertz CT molecular complexity index is 2460. The first-order valence-electron chi connectivity index (χ1n) is 19.7. The highest BCUT2D eigenvalue weighted by molar-refractivity contribution is 6.31. The summed E-state index contributed by atoms with van der Waals surface area (Å²) >= 11 is 12.3. The first-order valence-corrected chi connectivity index (χ1v) is 20.5. The summed E-state index contributed by atoms with van der Waals surface area (Å²) in [5.41, 5.74) is 9.12. The van der Waals surface area contributed by atoms with Crippen molar-refractivity contribution in [1.29, 1.82) is 0 Å². The summed E-state index contributed by atoms with van der Waals surface area (Å²) in [6, 6.07) is 53.7. The first kappa shape index (κ1) is 45.0. The molecule has 0 amide bonds. The zero-order valence-corrected chi connectivity index (χ0v) is 37.0. The first-order chi connectivity index (χ1) is 28.9. The van der Waals surface area contributed by atoms with Crippen LogP contribution in [-0.2, 0) is 17.8 Å². The fourth-order valence-corrected chi connectivity index (χ4v) is 7.58. The van der Waals surface area contributed by atoms with Gasteiger partial charge >= 0.3 is 0 Å². The molecule has 0 aliphatic heterocycles. The summed E-state index contributed by atoms with van der Waals surface area (Å²) in [7, 11) is 4.17. The third-order valence-electron chi connectivity index (χ3n) is 10.5. The van der Waals surface area contributed by atoms with Gasteiger partial charge in [0.05, 0.1) is 35.4 Å². The molecule has 8 rings (SSSR count). The van der Waals surface area contributed by atoms with Crippen LogP contribution in [0.2, 0.25) is 10.0 Å². The molecule has 0 atom stereocenters. The van der Waals surface area contributed by atoms with Crippen LogP contribution in [0.4, 0.5) is 22.7 Å². The molecule has 0 spiro atoms. The second-order valence-corrected chi connectivity index (χ2v) is 15.2. The van der Waals surface area contributed by atoms with Crippen molar-refractivity contribution in [3.05, 3.63) is 191 Å². The molecule has 8 aromatic rings. The van der Waals surface area contributed by atoms with Gasteiger partial charge in [0.25, 0.3) is 0 Å². The van der Waals surface area contributed by atoms with E-state index >= 15 is 0 Å². The number of benzene rings is 6. The van der Waals surface area contributed by atoms with Crippen molar-refractivity contribution in [2.24, 2.45) is 0 Å². The molecule has 2 aromatic heterocycles. The zero-order chi connectivity index (χ0) is 40.6. The minimum Gasteiger partial charge on any atom is -1.00 e. The van der Waals surface area contributed by atoms with Gasteiger partial charge in [-0.3, -0.25) is 0 Å². The van der Waals surface area contributed by atoms with Crippen LogP contribution in [0.25, 0.3) is 21.8 Å². The number of halogens is 4. The van der Waals surface area contributed by atoms with Crippen molar-refractivity contribution >= 4 is 67.8 Å². The second kappa shape index (κ2) is 21.3. The number of rotatable bonds is 16. The molecule has 7 nitrogen and oxygen atoms in total. The van der Waals surface area contributed by atoms with Gasteiger partial charge in [-0.15, -0.1) is 0 Å². The number of hydrogen-bond acceptors (Lipinski definition) is 5. The van der Waals surface area contributed by atoms with E-state index in [1.807, 2.05) is 72.8 Å². The third kappa shape index (κ3) is 11.1. The van der Waals surface area contributed by atoms with E-state index in [1.54, 1.807) is 0 Å². The van der Waals surface area contributed by atoms with Crippen molar-refractivity contribution in [3.63, 3.8) is 0 Å². The number of ether oxygens (including phenoxy) is 3. The van der Waals surface area contributed by atoms with Gasteiger partial charge in [0.2, 0.25) is 11.0 Å². The highest BCUT2D eigenvalue weighted by Gasteiger charge is 2.18. The van der Waals surface area contributed by atoms with Crippen LogP contribution >= 0.6 is 23.2 Å². The van der Waals surface area contributed by atoms with E-state index in [9.17, 15) is 0 Å². The molecule has 0 saturated carbocycles. The molecule has 0 aliphatic rings. The summed E-state index contributed by atoms with van der Waals surface area (Å²) in [4.78, 5) is 4.38. The summed E-state index contributed by atoms with van der Waals surface area (Å²) in [5, 5.41) is 3.81. The molecule has 0 fully saturated rings. The number of anilines is 4. The molecule has 0 radical (unpaired) electrons. The van der Waals surface area contributed by atoms with Gasteiger partial charge < -0.3 is 48.8 Å². The summed E-state index contributed by atoms with van der Waals surface area (Å²) in [5.74, 6) is 1.63. The predicted octanol–water partition coefficient (Wildman–Crippen LogP) is 4.99. The number of fused-ring (bicyclic) bond motifs is 2. The average Bonchev–Trinajstić information content (AvgIpc) is 3.27. The minimum atomic E-state index is 0. The Labute approximate surface area is 380 Å². The quantitative estimate of drug-likeness (QED) is 0.101. The van der Waals surface area contributed by atoms with Gasteiger partial charge in [0, 0.05) is 70.9 Å². The van der Waals surface area contributed by atoms with E-state index in [0.29, 0.717) is 26.4 Å². The smallest absolute Gasteiger partial charge is 0.214 e. The summed E-state index contributed by atoms with van der Waals surface area (Å²) in [6.45, 7) is 3.35. The average molecular weight is 893 g/mol. The second-order valence-electron chi connectivity index (χ2n) is 14.4. The lowest BCUT2D eigenvalue weighted by atomic mass is 10.1. The molecule has 0 unspecified atom stereocenters. The van der Waals surface area contributed by atoms with E-state index in [0.717, 1.165) is 68.4 Å². The number of aromatic nitrogens is 2. The molecule has 0 saturated heterocycles. The van der Waals surface area contributed by atoms with Crippen LogP contribution in [0.3, 0.4) is 0 Å². The van der Waals surface area contributed by atoms with Gasteiger partial charge in [-0.05, 0) is 109 Å².